The molecule has 14 heavy (non-hydrogen) atoms. The highest BCUT2D eigenvalue weighted by Crippen LogP contribution is 1.91. The van der Waals surface area contributed by atoms with Gasteiger partial charge < -0.3 is 10.1 Å². The van der Waals surface area contributed by atoms with Gasteiger partial charge in [-0.1, -0.05) is 20.4 Å². The van der Waals surface area contributed by atoms with E-state index in [-0.39, 0.29) is 5.97 Å². The van der Waals surface area contributed by atoms with Gasteiger partial charge in [0.1, 0.15) is 0 Å². The molecule has 0 bridgehead atoms. The zero-order chi connectivity index (χ0) is 10.8. The van der Waals surface area contributed by atoms with E-state index in [2.05, 4.69) is 25.7 Å². The molecule has 0 aliphatic rings. The SMILES string of the molecule is C=CC(=O)OCCCCNCC(C)C. The van der Waals surface area contributed by atoms with Crippen LogP contribution < -0.4 is 5.32 Å². The largest absolute Gasteiger partial charge is 0.463 e. The van der Waals surface area contributed by atoms with Gasteiger partial charge in [0, 0.05) is 6.08 Å². The standard InChI is InChI=1S/C11H21NO2/c1-4-11(13)14-8-6-5-7-12-9-10(2)3/h4,10,12H,1,5-9H2,2-3H3. The Hall–Kier alpha value is -0.830. The Kier molecular flexibility index (Phi) is 8.24. The lowest BCUT2D eigenvalue weighted by atomic mass is 10.2. The minimum Gasteiger partial charge on any atom is -0.463 e. The molecule has 82 valence electrons. The van der Waals surface area contributed by atoms with Crippen molar-refractivity contribution in [1.82, 2.24) is 5.32 Å². The van der Waals surface area contributed by atoms with Crippen LogP contribution in [0, 0.1) is 5.92 Å². The summed E-state index contributed by atoms with van der Waals surface area (Å²) in [5, 5.41) is 3.33. The first-order valence-electron chi connectivity index (χ1n) is 5.16. The van der Waals surface area contributed by atoms with E-state index >= 15 is 0 Å². The summed E-state index contributed by atoms with van der Waals surface area (Å²) in [7, 11) is 0. The van der Waals surface area contributed by atoms with Crippen molar-refractivity contribution in [2.24, 2.45) is 5.92 Å². The first-order chi connectivity index (χ1) is 6.66. The quantitative estimate of drug-likeness (QED) is 0.367. The number of hydrogen-bond acceptors (Lipinski definition) is 3. The van der Waals surface area contributed by atoms with E-state index < -0.39 is 0 Å². The van der Waals surface area contributed by atoms with Crippen LogP contribution in [0.3, 0.4) is 0 Å². The molecule has 0 saturated carbocycles. The number of unbranched alkanes of at least 4 members (excludes halogenated alkanes) is 1. The summed E-state index contributed by atoms with van der Waals surface area (Å²) in [6, 6.07) is 0. The van der Waals surface area contributed by atoms with Gasteiger partial charge in [0.25, 0.3) is 0 Å². The maximum Gasteiger partial charge on any atom is 0.330 e. The van der Waals surface area contributed by atoms with Crippen molar-refractivity contribution in [3.63, 3.8) is 0 Å². The van der Waals surface area contributed by atoms with E-state index in [1.807, 2.05) is 0 Å². The highest BCUT2D eigenvalue weighted by Gasteiger charge is 1.95. The summed E-state index contributed by atoms with van der Waals surface area (Å²) in [6.45, 7) is 10.2. The summed E-state index contributed by atoms with van der Waals surface area (Å²) >= 11 is 0. The Balaban J connectivity index is 3.06. The van der Waals surface area contributed by atoms with Crippen molar-refractivity contribution in [3.05, 3.63) is 12.7 Å². The van der Waals surface area contributed by atoms with E-state index in [0.717, 1.165) is 25.9 Å². The number of carbonyl (C=O) groups is 1. The molecule has 0 rings (SSSR count). The van der Waals surface area contributed by atoms with E-state index in [0.29, 0.717) is 12.5 Å². The van der Waals surface area contributed by atoms with Crippen molar-refractivity contribution < 1.29 is 9.53 Å². The molecular weight excluding hydrogens is 178 g/mol. The highest BCUT2D eigenvalue weighted by atomic mass is 16.5. The molecule has 0 aliphatic carbocycles. The van der Waals surface area contributed by atoms with Gasteiger partial charge >= 0.3 is 5.97 Å². The van der Waals surface area contributed by atoms with Crippen molar-refractivity contribution >= 4 is 5.97 Å². The molecule has 0 atom stereocenters. The topological polar surface area (TPSA) is 38.3 Å². The van der Waals surface area contributed by atoms with Crippen LogP contribution >= 0.6 is 0 Å². The van der Waals surface area contributed by atoms with E-state index in [1.165, 1.54) is 6.08 Å². The lowest BCUT2D eigenvalue weighted by molar-refractivity contribution is -0.137. The Bertz CT molecular complexity index is 167. The number of hydrogen-bond donors (Lipinski definition) is 1. The normalized spacial score (nSPS) is 10.2. The fourth-order valence-corrected chi connectivity index (χ4v) is 0.974. The van der Waals surface area contributed by atoms with Crippen molar-refractivity contribution in [1.29, 1.82) is 0 Å². The van der Waals surface area contributed by atoms with Crippen LogP contribution in [0.2, 0.25) is 0 Å². The van der Waals surface area contributed by atoms with Gasteiger partial charge in [-0.25, -0.2) is 4.79 Å². The average Bonchev–Trinajstić information content (AvgIpc) is 2.15. The van der Waals surface area contributed by atoms with Crippen molar-refractivity contribution in [2.75, 3.05) is 19.7 Å². The minimum atomic E-state index is -0.333. The third-order valence-corrected chi connectivity index (χ3v) is 1.71. The maximum absolute atomic E-state index is 10.6. The zero-order valence-electron chi connectivity index (χ0n) is 9.21. The van der Waals surface area contributed by atoms with Crippen LogP contribution in [0.1, 0.15) is 26.7 Å². The molecule has 0 saturated heterocycles. The predicted molar refractivity (Wildman–Crippen MR) is 58.1 cm³/mol. The van der Waals surface area contributed by atoms with Crippen molar-refractivity contribution in [3.8, 4) is 0 Å². The zero-order valence-corrected chi connectivity index (χ0v) is 9.21. The van der Waals surface area contributed by atoms with Gasteiger partial charge in [0.2, 0.25) is 0 Å². The summed E-state index contributed by atoms with van der Waals surface area (Å²) in [6.07, 6.45) is 3.14. The lowest BCUT2D eigenvalue weighted by Crippen LogP contribution is -2.21. The second-order valence-electron chi connectivity index (χ2n) is 3.68. The molecule has 0 aromatic heterocycles. The van der Waals surface area contributed by atoms with E-state index in [9.17, 15) is 4.79 Å². The molecule has 0 aromatic carbocycles. The van der Waals surface area contributed by atoms with Crippen LogP contribution in [-0.4, -0.2) is 25.7 Å². The van der Waals surface area contributed by atoms with Gasteiger partial charge in [0.15, 0.2) is 0 Å². The van der Waals surface area contributed by atoms with Gasteiger partial charge in [0.05, 0.1) is 6.61 Å². The van der Waals surface area contributed by atoms with Gasteiger partial charge in [-0.3, -0.25) is 0 Å². The van der Waals surface area contributed by atoms with Crippen LogP contribution in [0.5, 0.6) is 0 Å². The smallest absolute Gasteiger partial charge is 0.330 e. The van der Waals surface area contributed by atoms with Crippen LogP contribution in [0.25, 0.3) is 0 Å². The Morgan fingerprint density at radius 1 is 1.50 bits per heavy atom. The molecule has 0 fully saturated rings. The van der Waals surface area contributed by atoms with Crippen LogP contribution in [0.15, 0.2) is 12.7 Å². The monoisotopic (exact) mass is 199 g/mol. The molecule has 0 aromatic rings. The first kappa shape index (κ1) is 13.2. The molecule has 0 unspecified atom stereocenters. The summed E-state index contributed by atoms with van der Waals surface area (Å²) in [5.74, 6) is 0.355. The second-order valence-corrected chi connectivity index (χ2v) is 3.68. The number of ether oxygens (including phenoxy) is 1. The molecule has 1 N–H and O–H groups in total. The maximum atomic E-state index is 10.6. The Labute approximate surface area is 86.5 Å². The highest BCUT2D eigenvalue weighted by molar-refractivity contribution is 5.81. The number of carbonyl (C=O) groups excluding carboxylic acids is 1. The fraction of sp³-hybridized carbons (Fsp3) is 0.727. The van der Waals surface area contributed by atoms with Crippen LogP contribution in [0.4, 0.5) is 0 Å². The number of nitrogens with one attached hydrogen (secondary N) is 1. The van der Waals surface area contributed by atoms with Gasteiger partial charge in [-0.05, 0) is 31.8 Å². The minimum absolute atomic E-state index is 0.333. The summed E-state index contributed by atoms with van der Waals surface area (Å²) in [4.78, 5) is 10.6. The van der Waals surface area contributed by atoms with Gasteiger partial charge in [-0.15, -0.1) is 0 Å². The Morgan fingerprint density at radius 2 is 2.21 bits per heavy atom. The molecule has 3 nitrogen and oxygen atoms in total. The van der Waals surface area contributed by atoms with Crippen molar-refractivity contribution in [2.45, 2.75) is 26.7 Å². The number of rotatable bonds is 8. The third kappa shape index (κ3) is 9.26. The lowest BCUT2D eigenvalue weighted by Gasteiger charge is -2.06. The van der Waals surface area contributed by atoms with Crippen LogP contribution in [-0.2, 0) is 9.53 Å². The Morgan fingerprint density at radius 3 is 2.79 bits per heavy atom. The number of esters is 1. The molecule has 0 spiro atoms. The summed E-state index contributed by atoms with van der Waals surface area (Å²) in [5.41, 5.74) is 0. The molecule has 0 radical (unpaired) electrons. The molecule has 3 heteroatoms. The van der Waals surface area contributed by atoms with E-state index in [1.54, 1.807) is 0 Å². The third-order valence-electron chi connectivity index (χ3n) is 1.71. The fourth-order valence-electron chi connectivity index (χ4n) is 0.974. The average molecular weight is 199 g/mol. The van der Waals surface area contributed by atoms with E-state index in [4.69, 9.17) is 4.74 Å². The molecule has 0 amide bonds. The summed E-state index contributed by atoms with van der Waals surface area (Å²) < 4.78 is 4.83. The molecule has 0 aliphatic heterocycles. The molecule has 0 heterocycles. The molecular formula is C11H21NO2. The van der Waals surface area contributed by atoms with Gasteiger partial charge in [-0.2, -0.15) is 0 Å². The first-order valence-corrected chi connectivity index (χ1v) is 5.16. The predicted octanol–water partition coefficient (Wildman–Crippen LogP) is 1.74. The second kappa shape index (κ2) is 8.75.